The minimum atomic E-state index is 0.0383. The van der Waals surface area contributed by atoms with Gasteiger partial charge in [-0.3, -0.25) is 4.79 Å². The molecule has 124 valence electrons. The van der Waals surface area contributed by atoms with Crippen LogP contribution in [-0.4, -0.2) is 32.5 Å². The van der Waals surface area contributed by atoms with E-state index in [1.54, 1.807) is 0 Å². The van der Waals surface area contributed by atoms with Crippen LogP contribution >= 0.6 is 11.8 Å². The van der Waals surface area contributed by atoms with Crippen molar-refractivity contribution >= 4 is 17.7 Å². The van der Waals surface area contributed by atoms with Gasteiger partial charge in [0.1, 0.15) is 0 Å². The summed E-state index contributed by atoms with van der Waals surface area (Å²) in [5.74, 6) is 1.22. The second-order valence-electron chi connectivity index (χ2n) is 5.73. The molecule has 0 aliphatic heterocycles. The van der Waals surface area contributed by atoms with Gasteiger partial charge in [0.05, 0.1) is 5.75 Å². The van der Waals surface area contributed by atoms with Gasteiger partial charge in [-0.1, -0.05) is 49.4 Å². The van der Waals surface area contributed by atoms with Gasteiger partial charge in [-0.2, -0.15) is 0 Å². The van der Waals surface area contributed by atoms with Crippen molar-refractivity contribution in [2.75, 3.05) is 5.75 Å². The third-order valence-electron chi connectivity index (χ3n) is 3.68. The zero-order valence-corrected chi connectivity index (χ0v) is 15.0. The Labute approximate surface area is 141 Å². The van der Waals surface area contributed by atoms with Gasteiger partial charge in [-0.25, -0.2) is 0 Å². The molecule has 0 unspecified atom stereocenters. The van der Waals surface area contributed by atoms with Gasteiger partial charge in [0.25, 0.3) is 0 Å². The fourth-order valence-electron chi connectivity index (χ4n) is 2.45. The van der Waals surface area contributed by atoms with Crippen LogP contribution in [0.15, 0.2) is 29.4 Å². The Morgan fingerprint density at radius 3 is 2.78 bits per heavy atom. The monoisotopic (exact) mass is 332 g/mol. The van der Waals surface area contributed by atoms with Crippen molar-refractivity contribution in [3.63, 3.8) is 0 Å². The number of benzene rings is 1. The molecule has 1 N–H and O–H groups in total. The molecule has 1 aromatic heterocycles. The van der Waals surface area contributed by atoms with E-state index in [1.165, 1.54) is 11.8 Å². The van der Waals surface area contributed by atoms with Crippen LogP contribution in [-0.2, 0) is 11.8 Å². The standard InChI is InChI=1S/C17H24N4OS/c1-5-8-13(3)18-15(22)11-23-17-20-19-16(21(17)4)14-10-7-6-9-12(14)2/h6-7,9-10,13H,5,8,11H2,1-4H3,(H,18,22)/t13-/m0/s1. The van der Waals surface area contributed by atoms with Crippen LogP contribution in [0.3, 0.4) is 0 Å². The van der Waals surface area contributed by atoms with Crippen molar-refractivity contribution in [1.82, 2.24) is 20.1 Å². The van der Waals surface area contributed by atoms with Crippen molar-refractivity contribution in [1.29, 1.82) is 0 Å². The molecular formula is C17H24N4OS. The smallest absolute Gasteiger partial charge is 0.230 e. The van der Waals surface area contributed by atoms with Gasteiger partial charge in [0.15, 0.2) is 11.0 Å². The summed E-state index contributed by atoms with van der Waals surface area (Å²) in [6, 6.07) is 8.31. The quantitative estimate of drug-likeness (QED) is 0.791. The molecule has 0 aliphatic rings. The molecule has 1 heterocycles. The molecule has 0 saturated carbocycles. The van der Waals surface area contributed by atoms with E-state index >= 15 is 0 Å². The predicted octanol–water partition coefficient (Wildman–Crippen LogP) is 3.19. The Balaban J connectivity index is 2.00. The summed E-state index contributed by atoms with van der Waals surface area (Å²) in [7, 11) is 1.93. The average molecular weight is 332 g/mol. The first kappa shape index (κ1) is 17.5. The number of aromatic nitrogens is 3. The first-order valence-corrected chi connectivity index (χ1v) is 8.89. The summed E-state index contributed by atoms with van der Waals surface area (Å²) in [6.07, 6.45) is 2.06. The van der Waals surface area contributed by atoms with Gasteiger partial charge in [-0.05, 0) is 25.8 Å². The van der Waals surface area contributed by atoms with Crippen LogP contribution in [0.2, 0.25) is 0 Å². The number of rotatable bonds is 7. The van der Waals surface area contributed by atoms with Crippen LogP contribution in [0.4, 0.5) is 0 Å². The van der Waals surface area contributed by atoms with Gasteiger partial charge in [0, 0.05) is 18.7 Å². The maximum Gasteiger partial charge on any atom is 0.230 e. The van der Waals surface area contributed by atoms with E-state index in [-0.39, 0.29) is 11.9 Å². The zero-order chi connectivity index (χ0) is 16.8. The highest BCUT2D eigenvalue weighted by Crippen LogP contribution is 2.24. The fraction of sp³-hybridized carbons (Fsp3) is 0.471. The maximum absolute atomic E-state index is 12.0. The molecule has 0 bridgehead atoms. The molecule has 0 fully saturated rings. The molecule has 0 aliphatic carbocycles. The third kappa shape index (κ3) is 4.58. The molecule has 1 aromatic carbocycles. The molecule has 0 radical (unpaired) electrons. The van der Waals surface area contributed by atoms with Crippen LogP contribution in [0, 0.1) is 6.92 Å². The molecule has 2 rings (SSSR count). The number of nitrogens with zero attached hydrogens (tertiary/aromatic N) is 3. The summed E-state index contributed by atoms with van der Waals surface area (Å²) < 4.78 is 1.94. The van der Waals surface area contributed by atoms with E-state index in [1.807, 2.05) is 36.7 Å². The highest BCUT2D eigenvalue weighted by molar-refractivity contribution is 7.99. The van der Waals surface area contributed by atoms with Crippen LogP contribution in [0.5, 0.6) is 0 Å². The SMILES string of the molecule is CCC[C@H](C)NC(=O)CSc1nnc(-c2ccccc2C)n1C. The lowest BCUT2D eigenvalue weighted by Crippen LogP contribution is -2.33. The number of thioether (sulfide) groups is 1. The number of hydrogen-bond donors (Lipinski definition) is 1. The second-order valence-corrected chi connectivity index (χ2v) is 6.67. The van der Waals surface area contributed by atoms with Gasteiger partial charge < -0.3 is 9.88 Å². The summed E-state index contributed by atoms with van der Waals surface area (Å²) in [5.41, 5.74) is 2.22. The molecule has 5 nitrogen and oxygen atoms in total. The van der Waals surface area contributed by atoms with E-state index in [2.05, 4.69) is 35.4 Å². The van der Waals surface area contributed by atoms with Crippen LogP contribution < -0.4 is 5.32 Å². The Bertz CT molecular complexity index is 668. The zero-order valence-electron chi connectivity index (χ0n) is 14.2. The first-order chi connectivity index (χ1) is 11.0. The van der Waals surface area contributed by atoms with Crippen molar-refractivity contribution in [2.24, 2.45) is 7.05 Å². The van der Waals surface area contributed by atoms with E-state index in [0.29, 0.717) is 5.75 Å². The Hall–Kier alpha value is -1.82. The minimum absolute atomic E-state index is 0.0383. The number of carbonyl (C=O) groups excluding carboxylic acids is 1. The molecule has 2 aromatic rings. The number of carbonyl (C=O) groups is 1. The Kier molecular flexibility index (Phi) is 6.21. The number of aryl methyl sites for hydroxylation is 1. The summed E-state index contributed by atoms with van der Waals surface area (Å²) >= 11 is 1.41. The molecule has 0 saturated heterocycles. The van der Waals surface area contributed by atoms with E-state index in [4.69, 9.17) is 0 Å². The molecule has 0 spiro atoms. The van der Waals surface area contributed by atoms with E-state index < -0.39 is 0 Å². The van der Waals surface area contributed by atoms with Crippen LogP contribution in [0.1, 0.15) is 32.3 Å². The Morgan fingerprint density at radius 2 is 2.09 bits per heavy atom. The van der Waals surface area contributed by atoms with Gasteiger partial charge in [0.2, 0.25) is 5.91 Å². The van der Waals surface area contributed by atoms with Crippen molar-refractivity contribution < 1.29 is 4.79 Å². The van der Waals surface area contributed by atoms with Crippen LogP contribution in [0.25, 0.3) is 11.4 Å². The van der Waals surface area contributed by atoms with E-state index in [0.717, 1.165) is 34.9 Å². The molecular weight excluding hydrogens is 308 g/mol. The number of nitrogens with one attached hydrogen (secondary N) is 1. The Morgan fingerprint density at radius 1 is 1.35 bits per heavy atom. The summed E-state index contributed by atoms with van der Waals surface area (Å²) in [4.78, 5) is 12.0. The van der Waals surface area contributed by atoms with E-state index in [9.17, 15) is 4.79 Å². The molecule has 6 heteroatoms. The summed E-state index contributed by atoms with van der Waals surface area (Å²) in [5, 5.41) is 12.2. The van der Waals surface area contributed by atoms with Gasteiger partial charge >= 0.3 is 0 Å². The minimum Gasteiger partial charge on any atom is -0.353 e. The second kappa shape index (κ2) is 8.15. The summed E-state index contributed by atoms with van der Waals surface area (Å²) in [6.45, 7) is 6.20. The van der Waals surface area contributed by atoms with Crippen molar-refractivity contribution in [2.45, 2.75) is 44.8 Å². The predicted molar refractivity (Wildman–Crippen MR) is 94.4 cm³/mol. The van der Waals surface area contributed by atoms with Crippen molar-refractivity contribution in [3.05, 3.63) is 29.8 Å². The highest BCUT2D eigenvalue weighted by atomic mass is 32.2. The highest BCUT2D eigenvalue weighted by Gasteiger charge is 2.14. The molecule has 1 atom stereocenters. The maximum atomic E-state index is 12.0. The lowest BCUT2D eigenvalue weighted by Gasteiger charge is -2.12. The molecule has 1 amide bonds. The van der Waals surface area contributed by atoms with Crippen molar-refractivity contribution in [3.8, 4) is 11.4 Å². The topological polar surface area (TPSA) is 59.8 Å². The lowest BCUT2D eigenvalue weighted by molar-refractivity contribution is -0.119. The fourth-order valence-corrected chi connectivity index (χ4v) is 3.17. The molecule has 23 heavy (non-hydrogen) atoms. The first-order valence-electron chi connectivity index (χ1n) is 7.90. The normalized spacial score (nSPS) is 12.2. The van der Waals surface area contributed by atoms with Gasteiger partial charge in [-0.15, -0.1) is 10.2 Å². The average Bonchev–Trinajstić information content (AvgIpc) is 2.87. The largest absolute Gasteiger partial charge is 0.353 e. The lowest BCUT2D eigenvalue weighted by atomic mass is 10.1. The number of amides is 1. The third-order valence-corrected chi connectivity index (χ3v) is 4.70. The number of hydrogen-bond acceptors (Lipinski definition) is 4.